The quantitative estimate of drug-likeness (QED) is 0.258. The van der Waals surface area contributed by atoms with E-state index < -0.39 is 38.9 Å². The highest BCUT2D eigenvalue weighted by Crippen LogP contribution is 2.54. The number of hydrogen-bond donors (Lipinski definition) is 5. The van der Waals surface area contributed by atoms with Crippen LogP contribution in [0.5, 0.6) is 0 Å². The summed E-state index contributed by atoms with van der Waals surface area (Å²) in [6, 6.07) is 0. The van der Waals surface area contributed by atoms with Gasteiger partial charge in [0.25, 0.3) is 0 Å². The minimum atomic E-state index is -3.08. The van der Waals surface area contributed by atoms with Gasteiger partial charge in [0.05, 0.1) is 0 Å². The molecule has 0 aromatic heterocycles. The van der Waals surface area contributed by atoms with Gasteiger partial charge in [-0.1, -0.05) is 0 Å². The molecule has 14 heavy (non-hydrogen) atoms. The number of aliphatic hydroxyl groups excluding tert-OH is 2. The zero-order valence-corrected chi connectivity index (χ0v) is 8.30. The number of aliphatic carboxylic acids is 1. The Bertz CT molecular complexity index is 185. The first-order chi connectivity index (χ1) is 6.39. The Hall–Kier alpha value is -0.300. The highest BCUT2D eigenvalue weighted by molar-refractivity contribution is 7.71. The number of carboxylic acid groups (broad SMARTS) is 1. The molecule has 0 fully saturated rings. The normalized spacial score (nSPS) is 15.5. The summed E-state index contributed by atoms with van der Waals surface area (Å²) in [6.07, 6.45) is -3.17. The molecule has 0 aromatic rings. The number of aliphatic hydroxyl groups is 3. The molecule has 0 aliphatic carbocycles. The van der Waals surface area contributed by atoms with Gasteiger partial charge in [-0.05, 0) is 0 Å². The van der Waals surface area contributed by atoms with Crippen LogP contribution in [0.3, 0.4) is 0 Å². The molecule has 0 rings (SSSR count). The topological polar surface area (TPSA) is 127 Å². The third-order valence-electron chi connectivity index (χ3n) is 1.36. The number of rotatable bonds is 7. The molecule has 1 atom stereocenters. The third-order valence-corrected chi connectivity index (χ3v) is 3.88. The van der Waals surface area contributed by atoms with Crippen molar-refractivity contribution in [1.29, 1.82) is 0 Å². The maximum Gasteiger partial charge on any atom is 0.344 e. The van der Waals surface area contributed by atoms with Crippen molar-refractivity contribution in [2.24, 2.45) is 0 Å². The Balaban J connectivity index is 4.24. The largest absolute Gasteiger partial charge is 0.478 e. The number of ether oxygens (including phenoxy) is 1. The number of hydrogen-bond acceptors (Lipinski definition) is 6. The molecule has 5 N–H and O–H groups in total. The van der Waals surface area contributed by atoms with Gasteiger partial charge in [-0.3, -0.25) is 0 Å². The van der Waals surface area contributed by atoms with Crippen LogP contribution in [0.4, 0.5) is 0 Å². The molecule has 0 aromatic carbocycles. The fourth-order valence-corrected chi connectivity index (χ4v) is 2.79. The monoisotopic (exact) mass is 229 g/mol. The van der Waals surface area contributed by atoms with Crippen LogP contribution in [0.15, 0.2) is 0 Å². The van der Waals surface area contributed by atoms with E-state index in [1.54, 1.807) is 0 Å². The van der Waals surface area contributed by atoms with Crippen molar-refractivity contribution in [3.63, 3.8) is 0 Å². The molecule has 0 spiro atoms. The smallest absolute Gasteiger partial charge is 0.344 e. The van der Waals surface area contributed by atoms with Gasteiger partial charge < -0.3 is 25.2 Å². The van der Waals surface area contributed by atoms with Crippen LogP contribution in [-0.2, 0) is 9.53 Å². The van der Waals surface area contributed by atoms with Crippen molar-refractivity contribution in [3.8, 4) is 0 Å². The van der Waals surface area contributed by atoms with E-state index in [0.29, 0.717) is 0 Å². The molecule has 0 saturated heterocycles. The van der Waals surface area contributed by atoms with E-state index in [0.717, 1.165) is 0 Å². The Morgan fingerprint density at radius 3 is 2.36 bits per heavy atom. The molecular formula is C6H14O7P+. The first kappa shape index (κ1) is 13.7. The summed E-state index contributed by atoms with van der Waals surface area (Å²) in [6.45, 7) is -0.649. The SMILES string of the molecule is O=C(O)C[P+](O)(COCO)CC(O)O. The molecule has 1 unspecified atom stereocenters. The molecule has 0 bridgehead atoms. The van der Waals surface area contributed by atoms with E-state index >= 15 is 0 Å². The lowest BCUT2D eigenvalue weighted by atomic mass is 10.8. The summed E-state index contributed by atoms with van der Waals surface area (Å²) >= 11 is 0. The van der Waals surface area contributed by atoms with Gasteiger partial charge in [-0.2, -0.15) is 0 Å². The van der Waals surface area contributed by atoms with Gasteiger partial charge in [0.15, 0.2) is 26.3 Å². The van der Waals surface area contributed by atoms with Crippen LogP contribution in [0.2, 0.25) is 0 Å². The fourth-order valence-electron chi connectivity index (χ4n) is 0.929. The number of carboxylic acids is 1. The van der Waals surface area contributed by atoms with Crippen LogP contribution >= 0.6 is 7.49 Å². The molecule has 0 aliphatic heterocycles. The second-order valence-electron chi connectivity index (χ2n) is 2.77. The second kappa shape index (κ2) is 6.23. The van der Waals surface area contributed by atoms with E-state index in [-0.39, 0.29) is 6.35 Å². The van der Waals surface area contributed by atoms with Gasteiger partial charge in [0.2, 0.25) is 0 Å². The Kier molecular flexibility index (Phi) is 6.10. The molecule has 0 saturated carbocycles. The Morgan fingerprint density at radius 2 is 2.00 bits per heavy atom. The first-order valence-electron chi connectivity index (χ1n) is 3.75. The summed E-state index contributed by atoms with van der Waals surface area (Å²) in [5.41, 5.74) is 0. The molecule has 7 nitrogen and oxygen atoms in total. The van der Waals surface area contributed by atoms with Crippen LogP contribution in [0.1, 0.15) is 0 Å². The summed E-state index contributed by atoms with van der Waals surface area (Å²) < 4.78 is 4.47. The minimum Gasteiger partial charge on any atom is -0.478 e. The maximum absolute atomic E-state index is 10.3. The lowest BCUT2D eigenvalue weighted by Crippen LogP contribution is -2.22. The fraction of sp³-hybridized carbons (Fsp3) is 0.833. The molecular weight excluding hydrogens is 215 g/mol. The molecule has 0 amide bonds. The number of carbonyl (C=O) groups is 1. The van der Waals surface area contributed by atoms with Gasteiger partial charge in [0.1, 0.15) is 13.0 Å². The van der Waals surface area contributed by atoms with E-state index in [2.05, 4.69) is 4.74 Å². The van der Waals surface area contributed by atoms with Gasteiger partial charge >= 0.3 is 5.97 Å². The van der Waals surface area contributed by atoms with E-state index in [1.165, 1.54) is 0 Å². The summed E-state index contributed by atoms with van der Waals surface area (Å²) in [5.74, 6) is -1.25. The third kappa shape index (κ3) is 6.20. The van der Waals surface area contributed by atoms with Crippen LogP contribution in [0.25, 0.3) is 0 Å². The van der Waals surface area contributed by atoms with Crippen molar-refractivity contribution >= 4 is 13.5 Å². The zero-order chi connectivity index (χ0) is 11.2. The molecule has 0 radical (unpaired) electrons. The van der Waals surface area contributed by atoms with Gasteiger partial charge in [0, 0.05) is 0 Å². The standard InChI is InChI=1S/C6H13O7P/c7-3-13-4-14(12,1-5(8)9)2-6(10)11/h5,7-9,12H,1-4H2/p+1. The van der Waals surface area contributed by atoms with E-state index in [1.807, 2.05) is 0 Å². The average molecular weight is 229 g/mol. The Morgan fingerprint density at radius 1 is 1.43 bits per heavy atom. The molecule has 8 heteroatoms. The predicted molar refractivity (Wildman–Crippen MR) is 47.8 cm³/mol. The maximum atomic E-state index is 10.3. The van der Waals surface area contributed by atoms with E-state index in [9.17, 15) is 9.69 Å². The van der Waals surface area contributed by atoms with Crippen molar-refractivity contribution in [3.05, 3.63) is 0 Å². The highest BCUT2D eigenvalue weighted by atomic mass is 31.2. The van der Waals surface area contributed by atoms with Crippen molar-refractivity contribution in [2.45, 2.75) is 6.29 Å². The van der Waals surface area contributed by atoms with Crippen molar-refractivity contribution in [1.82, 2.24) is 0 Å². The zero-order valence-electron chi connectivity index (χ0n) is 7.41. The van der Waals surface area contributed by atoms with Gasteiger partial charge in [-0.15, -0.1) is 0 Å². The van der Waals surface area contributed by atoms with Gasteiger partial charge in [-0.25, -0.2) is 9.69 Å². The lowest BCUT2D eigenvalue weighted by molar-refractivity contribution is -0.134. The van der Waals surface area contributed by atoms with Crippen molar-refractivity contribution < 1.29 is 34.9 Å². The van der Waals surface area contributed by atoms with E-state index in [4.69, 9.17) is 20.4 Å². The highest BCUT2D eigenvalue weighted by Gasteiger charge is 2.41. The summed E-state index contributed by atoms with van der Waals surface area (Å²) in [4.78, 5) is 20.0. The predicted octanol–water partition coefficient (Wildman–Crippen LogP) is -1.77. The van der Waals surface area contributed by atoms with Crippen molar-refractivity contribution in [2.75, 3.05) is 25.5 Å². The van der Waals surface area contributed by atoms with Crippen LogP contribution in [0, 0.1) is 0 Å². The lowest BCUT2D eigenvalue weighted by Gasteiger charge is -2.18. The minimum absolute atomic E-state index is 0.368. The first-order valence-corrected chi connectivity index (χ1v) is 6.05. The van der Waals surface area contributed by atoms with Crippen LogP contribution < -0.4 is 0 Å². The molecule has 0 heterocycles. The Labute approximate surface area is 81.0 Å². The average Bonchev–Trinajstić information content (AvgIpc) is 1.97. The van der Waals surface area contributed by atoms with Crippen LogP contribution in [-0.4, -0.2) is 63.0 Å². The summed E-state index contributed by atoms with van der Waals surface area (Å²) in [5, 5.41) is 34.0. The second-order valence-corrected chi connectivity index (χ2v) is 5.90. The molecule has 0 aliphatic rings. The summed E-state index contributed by atoms with van der Waals surface area (Å²) in [7, 11) is -3.08. The molecule has 84 valence electrons.